The van der Waals surface area contributed by atoms with Gasteiger partial charge in [0.05, 0.1) is 11.4 Å². The Morgan fingerprint density at radius 2 is 1.85 bits per heavy atom. The van der Waals surface area contributed by atoms with Crippen molar-refractivity contribution in [2.24, 2.45) is 0 Å². The van der Waals surface area contributed by atoms with Crippen LogP contribution in [0, 0.1) is 0 Å². The van der Waals surface area contributed by atoms with Crippen molar-refractivity contribution in [3.63, 3.8) is 0 Å². The van der Waals surface area contributed by atoms with Gasteiger partial charge < -0.3 is 9.84 Å². The number of carbonyl (C=O) groups excluding carboxylic acids is 1. The molecule has 2 aromatic rings. The van der Waals surface area contributed by atoms with E-state index in [0.717, 1.165) is 12.0 Å². The SMILES string of the molecule is CCCCN(CC(=O)Nc1ccon1)S(=O)(=O)c1ccc(C(C)(C)C)cc1. The minimum atomic E-state index is -3.78. The second-order valence-corrected chi connectivity index (χ2v) is 9.34. The predicted molar refractivity (Wildman–Crippen MR) is 104 cm³/mol. The van der Waals surface area contributed by atoms with E-state index in [4.69, 9.17) is 0 Å². The summed E-state index contributed by atoms with van der Waals surface area (Å²) in [4.78, 5) is 12.4. The smallest absolute Gasteiger partial charge is 0.243 e. The fraction of sp³-hybridized carbons (Fsp3) is 0.474. The van der Waals surface area contributed by atoms with Crippen molar-refractivity contribution >= 4 is 21.7 Å². The summed E-state index contributed by atoms with van der Waals surface area (Å²) in [6, 6.07) is 8.34. The molecule has 0 fully saturated rings. The molecule has 1 heterocycles. The van der Waals surface area contributed by atoms with Gasteiger partial charge in [-0.25, -0.2) is 8.42 Å². The van der Waals surface area contributed by atoms with Crippen molar-refractivity contribution in [2.75, 3.05) is 18.4 Å². The van der Waals surface area contributed by atoms with E-state index < -0.39 is 15.9 Å². The van der Waals surface area contributed by atoms with Crippen molar-refractivity contribution < 1.29 is 17.7 Å². The Morgan fingerprint density at radius 3 is 2.37 bits per heavy atom. The molecule has 0 atom stereocenters. The van der Waals surface area contributed by atoms with Crippen LogP contribution < -0.4 is 5.32 Å². The molecule has 0 aliphatic heterocycles. The third-order valence-electron chi connectivity index (χ3n) is 4.14. The van der Waals surface area contributed by atoms with E-state index in [1.54, 1.807) is 12.1 Å². The number of hydrogen-bond donors (Lipinski definition) is 1. The molecule has 2 rings (SSSR count). The second-order valence-electron chi connectivity index (χ2n) is 7.40. The van der Waals surface area contributed by atoms with Crippen LogP contribution in [0.4, 0.5) is 5.82 Å². The van der Waals surface area contributed by atoms with Gasteiger partial charge in [-0.2, -0.15) is 4.31 Å². The number of nitrogens with one attached hydrogen (secondary N) is 1. The number of hydrogen-bond acceptors (Lipinski definition) is 5. The van der Waals surface area contributed by atoms with E-state index in [9.17, 15) is 13.2 Å². The molecule has 0 aliphatic carbocycles. The predicted octanol–water partition coefficient (Wildman–Crippen LogP) is 3.40. The molecule has 0 radical (unpaired) electrons. The normalized spacial score (nSPS) is 12.3. The highest BCUT2D eigenvalue weighted by Gasteiger charge is 2.27. The second kappa shape index (κ2) is 8.67. The molecule has 1 aromatic carbocycles. The van der Waals surface area contributed by atoms with Gasteiger partial charge in [0.1, 0.15) is 6.26 Å². The molecule has 0 aliphatic rings. The molecule has 0 spiro atoms. The van der Waals surface area contributed by atoms with Gasteiger partial charge in [-0.1, -0.05) is 51.4 Å². The zero-order valence-electron chi connectivity index (χ0n) is 16.2. The number of unbranched alkanes of at least 4 members (excludes halogenated alkanes) is 1. The summed E-state index contributed by atoms with van der Waals surface area (Å²) in [6.45, 7) is 8.16. The highest BCUT2D eigenvalue weighted by molar-refractivity contribution is 7.89. The number of aromatic nitrogens is 1. The average Bonchev–Trinajstić information content (AvgIpc) is 3.10. The van der Waals surface area contributed by atoms with Gasteiger partial charge in [-0.15, -0.1) is 0 Å². The molecule has 0 bridgehead atoms. The molecule has 0 saturated carbocycles. The Bertz CT molecular complexity index is 838. The molecular formula is C19H27N3O4S. The maximum atomic E-state index is 13.0. The Hall–Kier alpha value is -2.19. The average molecular weight is 394 g/mol. The first-order chi connectivity index (χ1) is 12.6. The van der Waals surface area contributed by atoms with E-state index in [2.05, 4.69) is 35.8 Å². The molecule has 1 aromatic heterocycles. The first-order valence-electron chi connectivity index (χ1n) is 8.95. The molecule has 1 amide bonds. The Balaban J connectivity index is 2.21. The van der Waals surface area contributed by atoms with Gasteiger partial charge in [-0.3, -0.25) is 4.79 Å². The topological polar surface area (TPSA) is 92.5 Å². The maximum Gasteiger partial charge on any atom is 0.243 e. The Morgan fingerprint density at radius 1 is 1.19 bits per heavy atom. The zero-order chi connectivity index (χ0) is 20.1. The highest BCUT2D eigenvalue weighted by atomic mass is 32.2. The van der Waals surface area contributed by atoms with Crippen LogP contribution in [0.2, 0.25) is 0 Å². The first kappa shape index (κ1) is 21.1. The fourth-order valence-electron chi connectivity index (χ4n) is 2.51. The van der Waals surface area contributed by atoms with Crippen LogP contribution in [-0.2, 0) is 20.2 Å². The van der Waals surface area contributed by atoms with E-state index in [1.165, 1.54) is 16.6 Å². The van der Waals surface area contributed by atoms with Crippen LogP contribution in [-0.4, -0.2) is 36.9 Å². The third kappa shape index (κ3) is 5.64. The van der Waals surface area contributed by atoms with Crippen LogP contribution in [0.15, 0.2) is 46.0 Å². The first-order valence-corrected chi connectivity index (χ1v) is 10.4. The minimum absolute atomic E-state index is 0.0678. The summed E-state index contributed by atoms with van der Waals surface area (Å²) < 4.78 is 32.0. The van der Waals surface area contributed by atoms with E-state index >= 15 is 0 Å². The Labute approximate surface area is 160 Å². The zero-order valence-corrected chi connectivity index (χ0v) is 17.0. The lowest BCUT2D eigenvalue weighted by molar-refractivity contribution is -0.116. The summed E-state index contributed by atoms with van der Waals surface area (Å²) in [5.74, 6) is -0.211. The molecule has 0 unspecified atom stereocenters. The lowest BCUT2D eigenvalue weighted by Gasteiger charge is -2.23. The largest absolute Gasteiger partial charge is 0.363 e. The van der Waals surface area contributed by atoms with Gasteiger partial charge >= 0.3 is 0 Å². The van der Waals surface area contributed by atoms with Crippen LogP contribution >= 0.6 is 0 Å². The molecular weight excluding hydrogens is 366 g/mol. The Kier molecular flexibility index (Phi) is 6.78. The minimum Gasteiger partial charge on any atom is -0.363 e. The van der Waals surface area contributed by atoms with Crippen LogP contribution in [0.25, 0.3) is 0 Å². The van der Waals surface area contributed by atoms with Crippen molar-refractivity contribution in [1.82, 2.24) is 9.46 Å². The van der Waals surface area contributed by atoms with Crippen molar-refractivity contribution in [3.05, 3.63) is 42.2 Å². The number of anilines is 1. The van der Waals surface area contributed by atoms with Crippen molar-refractivity contribution in [3.8, 4) is 0 Å². The third-order valence-corrected chi connectivity index (χ3v) is 6.00. The lowest BCUT2D eigenvalue weighted by atomic mass is 9.87. The fourth-order valence-corrected chi connectivity index (χ4v) is 3.95. The molecule has 148 valence electrons. The van der Waals surface area contributed by atoms with Crippen LogP contribution in [0.1, 0.15) is 46.1 Å². The summed E-state index contributed by atoms with van der Waals surface area (Å²) in [7, 11) is -3.78. The lowest BCUT2D eigenvalue weighted by Crippen LogP contribution is -2.38. The van der Waals surface area contributed by atoms with Crippen molar-refractivity contribution in [1.29, 1.82) is 0 Å². The summed E-state index contributed by atoms with van der Waals surface area (Å²) in [6.07, 6.45) is 2.81. The quantitative estimate of drug-likeness (QED) is 0.742. The molecule has 7 nitrogen and oxygen atoms in total. The number of nitrogens with zero attached hydrogens (tertiary/aromatic N) is 2. The van der Waals surface area contributed by atoms with Gasteiger partial charge in [-0.05, 0) is 29.5 Å². The van der Waals surface area contributed by atoms with Gasteiger partial charge in [0, 0.05) is 12.6 Å². The van der Waals surface area contributed by atoms with Gasteiger partial charge in [0.15, 0.2) is 5.82 Å². The summed E-state index contributed by atoms with van der Waals surface area (Å²) >= 11 is 0. The number of sulfonamides is 1. The standard InChI is InChI=1S/C19H27N3O4S/c1-5-6-12-22(14-18(23)20-17-11-13-26-21-17)27(24,25)16-9-7-15(8-10-16)19(2,3)4/h7-11,13H,5-6,12,14H2,1-4H3,(H,20,21,23). The van der Waals surface area contributed by atoms with Crippen LogP contribution in [0.5, 0.6) is 0 Å². The molecule has 1 N–H and O–H groups in total. The molecule has 8 heteroatoms. The van der Waals surface area contributed by atoms with Gasteiger partial charge in [0.2, 0.25) is 15.9 Å². The summed E-state index contributed by atoms with van der Waals surface area (Å²) in [5.41, 5.74) is 0.979. The highest BCUT2D eigenvalue weighted by Crippen LogP contribution is 2.25. The monoisotopic (exact) mass is 393 g/mol. The van der Waals surface area contributed by atoms with E-state index in [1.807, 2.05) is 19.1 Å². The van der Waals surface area contributed by atoms with E-state index in [0.29, 0.717) is 6.42 Å². The maximum absolute atomic E-state index is 13.0. The number of benzene rings is 1. The van der Waals surface area contributed by atoms with Crippen LogP contribution in [0.3, 0.4) is 0 Å². The molecule has 0 saturated heterocycles. The van der Waals surface area contributed by atoms with E-state index in [-0.39, 0.29) is 29.2 Å². The number of amides is 1. The van der Waals surface area contributed by atoms with Gasteiger partial charge in [0.25, 0.3) is 0 Å². The molecule has 27 heavy (non-hydrogen) atoms. The number of carbonyl (C=O) groups is 1. The van der Waals surface area contributed by atoms with Crippen molar-refractivity contribution in [2.45, 2.75) is 50.8 Å². The number of rotatable bonds is 8. The summed E-state index contributed by atoms with van der Waals surface area (Å²) in [5, 5.41) is 6.14.